The molecule has 4 fully saturated rings. The minimum absolute atomic E-state index is 0.362. The third kappa shape index (κ3) is 1.05. The van der Waals surface area contributed by atoms with E-state index in [0.717, 1.165) is 12.0 Å². The first-order valence-corrected chi connectivity index (χ1v) is 9.89. The number of hydrogen-bond acceptors (Lipinski definition) is 1. The molecule has 1 aromatic carbocycles. The fraction of sp³-hybridized carbons (Fsp3) is 0.714. The van der Waals surface area contributed by atoms with Crippen LogP contribution in [0.25, 0.3) is 0 Å². The largest absolute Gasteiger partial charge is 0.378 e. The summed E-state index contributed by atoms with van der Waals surface area (Å²) >= 11 is 0. The fourth-order valence-electron chi connectivity index (χ4n) is 8.94. The first-order valence-electron chi connectivity index (χ1n) is 9.89. The molecule has 2 saturated heterocycles. The monoisotopic (exact) mass is 309 g/mol. The Labute approximate surface area is 139 Å². The van der Waals surface area contributed by atoms with Crippen molar-refractivity contribution in [2.24, 2.45) is 11.3 Å². The number of para-hydroxylation sites is 1. The molecule has 2 heteroatoms. The number of rotatable bonds is 1. The van der Waals surface area contributed by atoms with Gasteiger partial charge in [0.05, 0.1) is 30.6 Å². The van der Waals surface area contributed by atoms with Crippen molar-refractivity contribution in [2.75, 3.05) is 25.0 Å². The molecule has 3 aliphatic heterocycles. The summed E-state index contributed by atoms with van der Waals surface area (Å²) in [6.45, 7) is 9.29. The number of quaternary nitrogens is 1. The van der Waals surface area contributed by atoms with Gasteiger partial charge in [-0.1, -0.05) is 25.1 Å². The number of anilines is 1. The molecule has 1 aromatic rings. The van der Waals surface area contributed by atoms with Gasteiger partial charge in [-0.3, -0.25) is 0 Å². The van der Waals surface area contributed by atoms with Crippen LogP contribution in [0.5, 0.6) is 0 Å². The Morgan fingerprint density at radius 3 is 2.87 bits per heavy atom. The molecule has 0 aromatic heterocycles. The van der Waals surface area contributed by atoms with Gasteiger partial charge in [-0.15, -0.1) is 0 Å². The Morgan fingerprint density at radius 2 is 2.00 bits per heavy atom. The molecule has 1 N–H and O–H groups in total. The van der Waals surface area contributed by atoms with Gasteiger partial charge in [0.1, 0.15) is 6.04 Å². The second kappa shape index (κ2) is 3.64. The van der Waals surface area contributed by atoms with Crippen LogP contribution in [0.15, 0.2) is 24.3 Å². The third-order valence-electron chi connectivity index (χ3n) is 9.53. The lowest BCUT2D eigenvalue weighted by Crippen LogP contribution is -2.66. The molecular formula is C21H29N2+. The number of likely N-dealkylation sites (N-methyl/N-ethyl adjacent to an activating group) is 1. The lowest BCUT2D eigenvalue weighted by molar-refractivity contribution is -0.952. The molecular weight excluding hydrogens is 280 g/mol. The molecule has 23 heavy (non-hydrogen) atoms. The summed E-state index contributed by atoms with van der Waals surface area (Å²) < 4.78 is 1.43. The van der Waals surface area contributed by atoms with Gasteiger partial charge < -0.3 is 9.80 Å². The maximum Gasteiger partial charge on any atom is 0.107 e. The van der Waals surface area contributed by atoms with Crippen molar-refractivity contribution in [3.05, 3.63) is 29.8 Å². The Hall–Kier alpha value is -1.02. The topological polar surface area (TPSA) is 12.0 Å². The minimum Gasteiger partial charge on any atom is -0.378 e. The molecule has 2 bridgehead atoms. The van der Waals surface area contributed by atoms with Gasteiger partial charge in [0, 0.05) is 17.5 Å². The van der Waals surface area contributed by atoms with E-state index in [1.807, 2.05) is 0 Å². The Bertz CT molecular complexity index is 714. The van der Waals surface area contributed by atoms with Crippen LogP contribution in [-0.4, -0.2) is 35.7 Å². The summed E-state index contributed by atoms with van der Waals surface area (Å²) in [6.07, 6.45) is 7.25. The van der Waals surface area contributed by atoms with Crippen molar-refractivity contribution in [2.45, 2.75) is 62.9 Å². The lowest BCUT2D eigenvalue weighted by atomic mass is 9.59. The van der Waals surface area contributed by atoms with E-state index in [-0.39, 0.29) is 0 Å². The zero-order valence-electron chi connectivity index (χ0n) is 14.6. The highest BCUT2D eigenvalue weighted by molar-refractivity contribution is 5.69. The number of fused-ring (bicyclic) bond motifs is 1. The number of nitrogens with one attached hydrogen (secondary N) is 1. The molecule has 6 atom stereocenters. The predicted octanol–water partition coefficient (Wildman–Crippen LogP) is 3.92. The molecule has 122 valence electrons. The van der Waals surface area contributed by atoms with Gasteiger partial charge in [0.15, 0.2) is 0 Å². The van der Waals surface area contributed by atoms with Crippen molar-refractivity contribution in [1.29, 1.82) is 0 Å². The first-order chi connectivity index (χ1) is 11.2. The zero-order chi connectivity index (χ0) is 15.5. The smallest absolute Gasteiger partial charge is 0.107 e. The van der Waals surface area contributed by atoms with Crippen molar-refractivity contribution >= 4 is 5.69 Å². The van der Waals surface area contributed by atoms with Crippen molar-refractivity contribution in [3.8, 4) is 0 Å². The predicted molar refractivity (Wildman–Crippen MR) is 93.5 cm³/mol. The van der Waals surface area contributed by atoms with Crippen LogP contribution in [0.1, 0.15) is 51.5 Å². The zero-order valence-corrected chi connectivity index (χ0v) is 14.6. The molecule has 2 nitrogen and oxygen atoms in total. The van der Waals surface area contributed by atoms with Crippen LogP contribution in [0, 0.1) is 11.3 Å². The Balaban J connectivity index is 1.70. The number of nitrogens with zero attached hydrogens (tertiary/aromatic N) is 1. The van der Waals surface area contributed by atoms with Crippen molar-refractivity contribution in [1.82, 2.24) is 0 Å². The standard InChI is InChI=1S/C21H29N2/c1-3-23-13-6-9-19-10-11-21(15(19)2)20(12-14-23,18(19)23)16-7-4-5-8-17(16)22-21/h4-5,7-8,15,18,22H,3,6,9-14H2,1-2H3/q+1/t15-,18-,19+,20-,21-,23+/m1/s1. The summed E-state index contributed by atoms with van der Waals surface area (Å²) in [6, 6.07) is 10.2. The van der Waals surface area contributed by atoms with E-state index in [1.165, 1.54) is 61.9 Å². The van der Waals surface area contributed by atoms with E-state index in [1.54, 1.807) is 5.56 Å². The first kappa shape index (κ1) is 13.3. The quantitative estimate of drug-likeness (QED) is 0.775. The highest BCUT2D eigenvalue weighted by Crippen LogP contribution is 2.79. The molecule has 2 aliphatic carbocycles. The number of hydrogen-bond donors (Lipinski definition) is 1. The van der Waals surface area contributed by atoms with Gasteiger partial charge >= 0.3 is 0 Å². The van der Waals surface area contributed by atoms with E-state index in [9.17, 15) is 0 Å². The third-order valence-corrected chi connectivity index (χ3v) is 9.53. The van der Waals surface area contributed by atoms with Crippen LogP contribution in [0.2, 0.25) is 0 Å². The van der Waals surface area contributed by atoms with Gasteiger partial charge in [-0.25, -0.2) is 0 Å². The summed E-state index contributed by atoms with van der Waals surface area (Å²) in [5, 5.41) is 4.15. The summed E-state index contributed by atoms with van der Waals surface area (Å²) in [5.74, 6) is 0.831. The van der Waals surface area contributed by atoms with Gasteiger partial charge in [0.2, 0.25) is 0 Å². The lowest BCUT2D eigenvalue weighted by Gasteiger charge is -2.55. The van der Waals surface area contributed by atoms with E-state index >= 15 is 0 Å². The molecule has 5 aliphatic rings. The van der Waals surface area contributed by atoms with E-state index < -0.39 is 0 Å². The number of piperidine rings is 1. The van der Waals surface area contributed by atoms with Crippen LogP contribution in [0.3, 0.4) is 0 Å². The van der Waals surface area contributed by atoms with Crippen LogP contribution in [0.4, 0.5) is 5.69 Å². The second-order valence-corrected chi connectivity index (χ2v) is 9.31. The van der Waals surface area contributed by atoms with Crippen LogP contribution in [-0.2, 0) is 5.41 Å². The fourth-order valence-corrected chi connectivity index (χ4v) is 8.94. The van der Waals surface area contributed by atoms with E-state index in [4.69, 9.17) is 0 Å². The molecule has 0 amide bonds. The summed E-state index contributed by atoms with van der Waals surface area (Å²) in [5.41, 5.74) is 4.56. The maximum absolute atomic E-state index is 4.15. The van der Waals surface area contributed by atoms with Gasteiger partial charge in [0.25, 0.3) is 0 Å². The summed E-state index contributed by atoms with van der Waals surface area (Å²) in [4.78, 5) is 0. The van der Waals surface area contributed by atoms with Gasteiger partial charge in [-0.05, 0) is 50.2 Å². The number of benzene rings is 1. The van der Waals surface area contributed by atoms with Crippen LogP contribution < -0.4 is 5.32 Å². The second-order valence-electron chi connectivity index (χ2n) is 9.31. The highest BCUT2D eigenvalue weighted by Gasteiger charge is 2.86. The molecule has 3 spiro atoms. The highest BCUT2D eigenvalue weighted by atomic mass is 15.4. The normalized spacial score (nSPS) is 54.5. The molecule has 6 rings (SSSR count). The Kier molecular flexibility index (Phi) is 2.10. The van der Waals surface area contributed by atoms with Crippen molar-refractivity contribution in [3.63, 3.8) is 0 Å². The average molecular weight is 309 g/mol. The minimum atomic E-state index is 0.362. The summed E-state index contributed by atoms with van der Waals surface area (Å²) in [7, 11) is 0. The van der Waals surface area contributed by atoms with Gasteiger partial charge in [-0.2, -0.15) is 0 Å². The van der Waals surface area contributed by atoms with Crippen molar-refractivity contribution < 1.29 is 4.48 Å². The van der Waals surface area contributed by atoms with E-state index in [2.05, 4.69) is 43.4 Å². The average Bonchev–Trinajstić information content (AvgIpc) is 3.23. The molecule has 0 radical (unpaired) electrons. The molecule has 3 heterocycles. The molecule has 2 saturated carbocycles. The maximum atomic E-state index is 4.15. The SMILES string of the molecule is CC[N@+]12CCC[C@@]34CC[C@@]5(Nc6ccccc6[C@]5(CC1)[C@@H]32)[C@@H]4C. The molecule has 0 unspecified atom stereocenters. The Morgan fingerprint density at radius 1 is 1.13 bits per heavy atom. The van der Waals surface area contributed by atoms with Crippen LogP contribution >= 0.6 is 0 Å². The van der Waals surface area contributed by atoms with E-state index in [0.29, 0.717) is 16.4 Å².